The Bertz CT molecular complexity index is 493. The van der Waals surface area contributed by atoms with Crippen LogP contribution in [-0.4, -0.2) is 35.5 Å². The summed E-state index contributed by atoms with van der Waals surface area (Å²) in [6, 6.07) is 7.35. The molecule has 1 aromatic carbocycles. The lowest BCUT2D eigenvalue weighted by atomic mass is 10.2. The second-order valence-electron chi connectivity index (χ2n) is 4.55. The fourth-order valence-corrected chi connectivity index (χ4v) is 2.06. The molecule has 0 radical (unpaired) electrons. The molecule has 0 aliphatic carbocycles. The Morgan fingerprint density at radius 2 is 1.89 bits per heavy atom. The Balaban J connectivity index is 2.31. The molecular weight excluding hydrogens is 240 g/mol. The Labute approximate surface area is 114 Å². The number of carbonyl (C=O) groups excluding carboxylic acids is 1. The van der Waals surface area contributed by atoms with Gasteiger partial charge in [-0.1, -0.05) is 26.0 Å². The largest absolute Gasteiger partial charge is 0.462 e. The fourth-order valence-electron chi connectivity index (χ4n) is 2.06. The third kappa shape index (κ3) is 2.79. The van der Waals surface area contributed by atoms with E-state index in [0.29, 0.717) is 18.0 Å². The molecule has 0 spiro atoms. The zero-order chi connectivity index (χ0) is 13.8. The third-order valence-electron chi connectivity index (χ3n) is 3.38. The minimum Gasteiger partial charge on any atom is -0.462 e. The summed E-state index contributed by atoms with van der Waals surface area (Å²) >= 11 is 0. The van der Waals surface area contributed by atoms with Crippen LogP contribution in [-0.2, 0) is 0 Å². The van der Waals surface area contributed by atoms with Crippen molar-refractivity contribution in [1.29, 1.82) is 0 Å². The average molecular weight is 260 g/mol. The lowest BCUT2D eigenvalue weighted by Gasteiger charge is -2.28. The van der Waals surface area contributed by atoms with Crippen LogP contribution in [0.4, 0.5) is 0 Å². The standard InChI is InChI=1S/C15H20N2O2/c1-4-16(5-2)11-17-12(3)10-19-14-9-7-6-8-13(14)15(17)18/h6-10H,4-5,11H2,1-3H3. The minimum atomic E-state index is -0.00579. The molecule has 0 N–H and O–H groups in total. The first kappa shape index (κ1) is 13.6. The second-order valence-corrected chi connectivity index (χ2v) is 4.55. The summed E-state index contributed by atoms with van der Waals surface area (Å²) < 4.78 is 5.57. The van der Waals surface area contributed by atoms with Gasteiger partial charge in [-0.05, 0) is 32.1 Å². The Kier molecular flexibility index (Phi) is 4.22. The number of hydrogen-bond donors (Lipinski definition) is 0. The molecule has 1 aliphatic heterocycles. The molecule has 0 bridgehead atoms. The van der Waals surface area contributed by atoms with Crippen LogP contribution in [0.2, 0.25) is 0 Å². The lowest BCUT2D eigenvalue weighted by molar-refractivity contribution is 0.0715. The molecule has 4 heteroatoms. The first-order valence-corrected chi connectivity index (χ1v) is 6.64. The van der Waals surface area contributed by atoms with Crippen molar-refractivity contribution >= 4 is 5.91 Å². The van der Waals surface area contributed by atoms with Crippen LogP contribution in [0.3, 0.4) is 0 Å². The quantitative estimate of drug-likeness (QED) is 0.834. The highest BCUT2D eigenvalue weighted by atomic mass is 16.5. The van der Waals surface area contributed by atoms with Gasteiger partial charge in [-0.15, -0.1) is 0 Å². The number of fused-ring (bicyclic) bond motifs is 1. The highest BCUT2D eigenvalue weighted by molar-refractivity contribution is 5.98. The van der Waals surface area contributed by atoms with Gasteiger partial charge in [-0.2, -0.15) is 0 Å². The van der Waals surface area contributed by atoms with Crippen molar-refractivity contribution in [1.82, 2.24) is 9.80 Å². The monoisotopic (exact) mass is 260 g/mol. The SMILES string of the molecule is CCN(CC)CN1C(=O)c2ccccc2OC=C1C. The molecule has 1 aromatic rings. The number of para-hydroxylation sites is 1. The normalized spacial score (nSPS) is 14.8. The molecule has 0 unspecified atom stereocenters. The first-order valence-electron chi connectivity index (χ1n) is 6.64. The van der Waals surface area contributed by atoms with E-state index in [9.17, 15) is 4.79 Å². The fraction of sp³-hybridized carbons (Fsp3) is 0.400. The van der Waals surface area contributed by atoms with Crippen LogP contribution < -0.4 is 4.74 Å². The van der Waals surface area contributed by atoms with Crippen molar-refractivity contribution in [2.45, 2.75) is 20.8 Å². The predicted molar refractivity (Wildman–Crippen MR) is 74.8 cm³/mol. The molecule has 2 rings (SSSR count). The van der Waals surface area contributed by atoms with Crippen molar-refractivity contribution in [3.8, 4) is 5.75 Å². The van der Waals surface area contributed by atoms with Gasteiger partial charge in [-0.25, -0.2) is 0 Å². The van der Waals surface area contributed by atoms with E-state index in [1.807, 2.05) is 25.1 Å². The second kappa shape index (κ2) is 5.89. The molecule has 102 valence electrons. The minimum absolute atomic E-state index is 0.00579. The predicted octanol–water partition coefficient (Wildman–Crippen LogP) is 2.68. The topological polar surface area (TPSA) is 32.8 Å². The molecule has 0 atom stereocenters. The number of rotatable bonds is 4. The van der Waals surface area contributed by atoms with E-state index in [2.05, 4.69) is 18.7 Å². The average Bonchev–Trinajstić information content (AvgIpc) is 2.56. The number of nitrogens with zero attached hydrogens (tertiary/aromatic N) is 2. The van der Waals surface area contributed by atoms with Crippen LogP contribution in [0.5, 0.6) is 5.75 Å². The van der Waals surface area contributed by atoms with E-state index in [4.69, 9.17) is 4.74 Å². The van der Waals surface area contributed by atoms with E-state index >= 15 is 0 Å². The molecule has 0 fully saturated rings. The number of hydrogen-bond acceptors (Lipinski definition) is 3. The maximum Gasteiger partial charge on any atom is 0.262 e. The summed E-state index contributed by atoms with van der Waals surface area (Å²) in [4.78, 5) is 16.6. The van der Waals surface area contributed by atoms with Gasteiger partial charge in [0.05, 0.1) is 17.9 Å². The molecule has 0 aromatic heterocycles. The zero-order valence-electron chi connectivity index (χ0n) is 11.7. The van der Waals surface area contributed by atoms with E-state index in [-0.39, 0.29) is 5.91 Å². The smallest absolute Gasteiger partial charge is 0.262 e. The van der Waals surface area contributed by atoms with Gasteiger partial charge in [0, 0.05) is 0 Å². The van der Waals surface area contributed by atoms with E-state index in [0.717, 1.165) is 18.8 Å². The maximum atomic E-state index is 12.6. The van der Waals surface area contributed by atoms with Crippen LogP contribution in [0.15, 0.2) is 36.2 Å². The molecule has 1 heterocycles. The van der Waals surface area contributed by atoms with Gasteiger partial charge in [0.15, 0.2) is 0 Å². The van der Waals surface area contributed by atoms with Gasteiger partial charge in [-0.3, -0.25) is 14.6 Å². The van der Waals surface area contributed by atoms with Gasteiger partial charge in [0.1, 0.15) is 12.0 Å². The molecule has 4 nitrogen and oxygen atoms in total. The number of allylic oxidation sites excluding steroid dienone is 1. The van der Waals surface area contributed by atoms with Crippen LogP contribution in [0, 0.1) is 0 Å². The van der Waals surface area contributed by atoms with Crippen molar-refractivity contribution in [2.75, 3.05) is 19.8 Å². The van der Waals surface area contributed by atoms with E-state index in [1.54, 1.807) is 17.2 Å². The van der Waals surface area contributed by atoms with Gasteiger partial charge in [0.25, 0.3) is 5.91 Å². The third-order valence-corrected chi connectivity index (χ3v) is 3.38. The van der Waals surface area contributed by atoms with Crippen LogP contribution >= 0.6 is 0 Å². The summed E-state index contributed by atoms with van der Waals surface area (Å²) in [5.74, 6) is 0.614. The van der Waals surface area contributed by atoms with Crippen molar-refractivity contribution in [3.63, 3.8) is 0 Å². The van der Waals surface area contributed by atoms with Gasteiger partial charge >= 0.3 is 0 Å². The summed E-state index contributed by atoms with van der Waals surface area (Å²) in [6.07, 6.45) is 1.65. The van der Waals surface area contributed by atoms with Crippen LogP contribution in [0.1, 0.15) is 31.1 Å². The maximum absolute atomic E-state index is 12.6. The van der Waals surface area contributed by atoms with Gasteiger partial charge in [0.2, 0.25) is 0 Å². The molecule has 0 saturated carbocycles. The van der Waals surface area contributed by atoms with Crippen molar-refractivity contribution in [2.24, 2.45) is 0 Å². The van der Waals surface area contributed by atoms with E-state index in [1.165, 1.54) is 0 Å². The molecule has 19 heavy (non-hydrogen) atoms. The lowest BCUT2D eigenvalue weighted by Crippen LogP contribution is -2.40. The summed E-state index contributed by atoms with van der Waals surface area (Å²) in [5, 5.41) is 0. The summed E-state index contributed by atoms with van der Waals surface area (Å²) in [7, 11) is 0. The summed E-state index contributed by atoms with van der Waals surface area (Å²) in [5.41, 5.74) is 1.44. The van der Waals surface area contributed by atoms with Crippen molar-refractivity contribution < 1.29 is 9.53 Å². The highest BCUT2D eigenvalue weighted by Crippen LogP contribution is 2.25. The molecule has 1 aliphatic rings. The number of benzene rings is 1. The summed E-state index contributed by atoms with van der Waals surface area (Å²) in [6.45, 7) is 8.50. The van der Waals surface area contributed by atoms with Crippen molar-refractivity contribution in [3.05, 3.63) is 41.8 Å². The molecule has 1 amide bonds. The van der Waals surface area contributed by atoms with Gasteiger partial charge < -0.3 is 4.74 Å². The number of amides is 1. The molecular formula is C15H20N2O2. The number of ether oxygens (including phenoxy) is 1. The highest BCUT2D eigenvalue weighted by Gasteiger charge is 2.24. The zero-order valence-corrected chi connectivity index (χ0v) is 11.7. The first-order chi connectivity index (χ1) is 9.17. The Morgan fingerprint density at radius 3 is 2.58 bits per heavy atom. The number of carbonyl (C=O) groups is 1. The Hall–Kier alpha value is -1.81. The molecule has 0 saturated heterocycles. The Morgan fingerprint density at radius 1 is 1.21 bits per heavy atom. The van der Waals surface area contributed by atoms with Crippen LogP contribution in [0.25, 0.3) is 0 Å². The van der Waals surface area contributed by atoms with E-state index < -0.39 is 0 Å².